The van der Waals surface area contributed by atoms with Gasteiger partial charge in [-0.1, -0.05) is 47.7 Å². The smallest absolute Gasteiger partial charge is 0.234 e. The Bertz CT molecular complexity index is 986. The fraction of sp³-hybridized carbons (Fsp3) is 0.375. The first-order valence-corrected chi connectivity index (χ1v) is 11.2. The van der Waals surface area contributed by atoms with Gasteiger partial charge in [-0.15, -0.1) is 0 Å². The summed E-state index contributed by atoms with van der Waals surface area (Å²) in [5.74, 6) is 0.309. The molecule has 2 aliphatic rings. The first-order chi connectivity index (χ1) is 13.9. The lowest BCUT2D eigenvalue weighted by Gasteiger charge is -2.14. The van der Waals surface area contributed by atoms with Gasteiger partial charge in [0.1, 0.15) is 5.04 Å². The Balaban J connectivity index is 1.48. The molecule has 0 aromatic heterocycles. The summed E-state index contributed by atoms with van der Waals surface area (Å²) in [5, 5.41) is 3.90. The molecular weight excluding hydrogens is 378 g/mol. The second-order valence-electron chi connectivity index (χ2n) is 8.07. The van der Waals surface area contributed by atoms with E-state index in [1.54, 1.807) is 0 Å². The van der Waals surface area contributed by atoms with Crippen LogP contribution in [0, 0.1) is 20.8 Å². The second kappa shape index (κ2) is 8.15. The summed E-state index contributed by atoms with van der Waals surface area (Å²) in [7, 11) is 0. The van der Waals surface area contributed by atoms with Gasteiger partial charge in [0.15, 0.2) is 5.66 Å². The van der Waals surface area contributed by atoms with E-state index in [1.807, 2.05) is 18.2 Å². The van der Waals surface area contributed by atoms with Gasteiger partial charge < -0.3 is 5.32 Å². The zero-order valence-electron chi connectivity index (χ0n) is 17.3. The van der Waals surface area contributed by atoms with Crippen molar-refractivity contribution in [2.45, 2.75) is 52.1 Å². The summed E-state index contributed by atoms with van der Waals surface area (Å²) in [6, 6.07) is 14.4. The lowest BCUT2D eigenvalue weighted by atomic mass is 10.1. The Morgan fingerprint density at radius 2 is 1.72 bits per heavy atom. The van der Waals surface area contributed by atoms with Crippen LogP contribution in [0.5, 0.6) is 0 Å². The van der Waals surface area contributed by atoms with Crippen LogP contribution < -0.4 is 5.32 Å². The summed E-state index contributed by atoms with van der Waals surface area (Å²) in [6.07, 6.45) is 4.33. The standard InChI is InChI=1S/C24H27N3OS/c1-16-6-9-19(10-7-16)22-23(27-24(26-22)12-4-5-13-24)29-15-21(28)25-20-11-8-17(2)18(3)14-20/h6-11,14H,4-5,12-13,15H2,1-3H3,(H,25,28). The van der Waals surface area contributed by atoms with E-state index in [0.29, 0.717) is 5.75 Å². The van der Waals surface area contributed by atoms with Crippen LogP contribution in [0.3, 0.4) is 0 Å². The van der Waals surface area contributed by atoms with E-state index < -0.39 is 0 Å². The lowest BCUT2D eigenvalue weighted by Crippen LogP contribution is -2.18. The van der Waals surface area contributed by atoms with E-state index in [9.17, 15) is 4.79 Å². The van der Waals surface area contributed by atoms with Crippen LogP contribution in [0.2, 0.25) is 0 Å². The number of nitrogens with one attached hydrogen (secondary N) is 1. The van der Waals surface area contributed by atoms with Gasteiger partial charge in [-0.25, -0.2) is 4.99 Å². The third-order valence-electron chi connectivity index (χ3n) is 5.69. The lowest BCUT2D eigenvalue weighted by molar-refractivity contribution is -0.113. The molecule has 1 saturated carbocycles. The highest BCUT2D eigenvalue weighted by atomic mass is 32.2. The summed E-state index contributed by atoms with van der Waals surface area (Å²) in [4.78, 5) is 22.6. The molecule has 0 bridgehead atoms. The largest absolute Gasteiger partial charge is 0.325 e. The molecule has 0 unspecified atom stereocenters. The highest BCUT2D eigenvalue weighted by Crippen LogP contribution is 2.40. The van der Waals surface area contributed by atoms with Crippen molar-refractivity contribution >= 4 is 34.1 Å². The maximum Gasteiger partial charge on any atom is 0.234 e. The number of anilines is 1. The van der Waals surface area contributed by atoms with Gasteiger partial charge in [0.25, 0.3) is 0 Å². The molecule has 5 heteroatoms. The monoisotopic (exact) mass is 405 g/mol. The fourth-order valence-corrected chi connectivity index (χ4v) is 4.71. The molecular formula is C24H27N3OS. The van der Waals surface area contributed by atoms with E-state index in [4.69, 9.17) is 9.98 Å². The molecule has 1 heterocycles. The van der Waals surface area contributed by atoms with Crippen LogP contribution in [0.15, 0.2) is 52.4 Å². The zero-order valence-corrected chi connectivity index (χ0v) is 18.1. The van der Waals surface area contributed by atoms with Gasteiger partial charge in [0, 0.05) is 11.3 Å². The second-order valence-corrected chi connectivity index (χ2v) is 9.03. The van der Waals surface area contributed by atoms with Crippen LogP contribution >= 0.6 is 11.8 Å². The zero-order chi connectivity index (χ0) is 20.4. The van der Waals surface area contributed by atoms with Crippen molar-refractivity contribution in [2.24, 2.45) is 9.98 Å². The third kappa shape index (κ3) is 4.45. The van der Waals surface area contributed by atoms with Gasteiger partial charge in [-0.3, -0.25) is 9.79 Å². The first kappa shape index (κ1) is 19.9. The SMILES string of the molecule is Cc1ccc(C2=NC3(CCCC3)N=C2SCC(=O)Nc2ccc(C)c(C)c2)cc1. The van der Waals surface area contributed by atoms with E-state index in [-0.39, 0.29) is 11.6 Å². The van der Waals surface area contributed by atoms with E-state index in [1.165, 1.54) is 41.3 Å². The summed E-state index contributed by atoms with van der Waals surface area (Å²) in [5.41, 5.74) is 6.18. The topological polar surface area (TPSA) is 53.8 Å². The molecule has 2 aromatic carbocycles. The Labute approximate surface area is 176 Å². The minimum Gasteiger partial charge on any atom is -0.325 e. The van der Waals surface area contributed by atoms with Crippen LogP contribution in [0.25, 0.3) is 0 Å². The minimum absolute atomic E-state index is 0.0171. The molecule has 150 valence electrons. The molecule has 0 saturated heterocycles. The van der Waals surface area contributed by atoms with Crippen molar-refractivity contribution in [3.05, 3.63) is 64.7 Å². The van der Waals surface area contributed by atoms with Gasteiger partial charge in [0.05, 0.1) is 11.5 Å². The number of carbonyl (C=O) groups is 1. The molecule has 29 heavy (non-hydrogen) atoms. The van der Waals surface area contributed by atoms with Crippen LogP contribution in [-0.2, 0) is 4.79 Å². The molecule has 4 rings (SSSR count). The van der Waals surface area contributed by atoms with Gasteiger partial charge >= 0.3 is 0 Å². The highest BCUT2D eigenvalue weighted by Gasteiger charge is 2.39. The van der Waals surface area contributed by atoms with Crippen molar-refractivity contribution in [3.63, 3.8) is 0 Å². The number of hydrogen-bond donors (Lipinski definition) is 1. The number of thioether (sulfide) groups is 1. The fourth-order valence-electron chi connectivity index (χ4n) is 3.84. The number of nitrogens with zero attached hydrogens (tertiary/aromatic N) is 2. The van der Waals surface area contributed by atoms with Crippen LogP contribution in [0.4, 0.5) is 5.69 Å². The molecule has 1 N–H and O–H groups in total. The normalized spacial score (nSPS) is 17.3. The number of amides is 1. The quantitative estimate of drug-likeness (QED) is 0.735. The predicted octanol–water partition coefficient (Wildman–Crippen LogP) is 5.46. The first-order valence-electron chi connectivity index (χ1n) is 10.2. The molecule has 1 aliphatic heterocycles. The summed E-state index contributed by atoms with van der Waals surface area (Å²) in [6.45, 7) is 6.21. The maximum absolute atomic E-state index is 12.5. The van der Waals surface area contributed by atoms with Gasteiger partial charge in [0.2, 0.25) is 5.91 Å². The Morgan fingerprint density at radius 3 is 2.41 bits per heavy atom. The molecule has 4 nitrogen and oxygen atoms in total. The number of carbonyl (C=O) groups excluding carboxylic acids is 1. The predicted molar refractivity (Wildman–Crippen MR) is 123 cm³/mol. The molecule has 0 atom stereocenters. The molecule has 1 amide bonds. The Hall–Kier alpha value is -2.40. The average Bonchev–Trinajstić information content (AvgIpc) is 3.31. The van der Waals surface area contributed by atoms with Crippen molar-refractivity contribution in [1.82, 2.24) is 0 Å². The molecule has 2 aromatic rings. The highest BCUT2D eigenvalue weighted by molar-refractivity contribution is 8.16. The van der Waals surface area contributed by atoms with Crippen LogP contribution in [0.1, 0.15) is 47.9 Å². The van der Waals surface area contributed by atoms with E-state index >= 15 is 0 Å². The maximum atomic E-state index is 12.5. The Morgan fingerprint density at radius 1 is 1.00 bits per heavy atom. The van der Waals surface area contributed by atoms with Crippen molar-refractivity contribution in [2.75, 3.05) is 11.1 Å². The van der Waals surface area contributed by atoms with Crippen molar-refractivity contribution in [3.8, 4) is 0 Å². The van der Waals surface area contributed by atoms with Crippen molar-refractivity contribution < 1.29 is 4.79 Å². The summed E-state index contributed by atoms with van der Waals surface area (Å²) < 4.78 is 0. The number of aliphatic imine (C=N–C) groups is 2. The molecule has 1 aliphatic carbocycles. The minimum atomic E-state index is -0.299. The number of hydrogen-bond acceptors (Lipinski definition) is 4. The molecule has 1 spiro atoms. The Kier molecular flexibility index (Phi) is 5.59. The van der Waals surface area contributed by atoms with Gasteiger partial charge in [-0.05, 0) is 69.7 Å². The van der Waals surface area contributed by atoms with E-state index in [2.05, 4.69) is 50.4 Å². The van der Waals surface area contributed by atoms with Crippen molar-refractivity contribution in [1.29, 1.82) is 0 Å². The van der Waals surface area contributed by atoms with E-state index in [0.717, 1.165) is 34.8 Å². The molecule has 1 fully saturated rings. The third-order valence-corrected chi connectivity index (χ3v) is 6.66. The average molecular weight is 406 g/mol. The number of aryl methyl sites for hydroxylation is 3. The van der Waals surface area contributed by atoms with Crippen LogP contribution in [-0.4, -0.2) is 28.1 Å². The number of rotatable bonds is 4. The number of benzene rings is 2. The molecule has 0 radical (unpaired) electrons. The summed E-state index contributed by atoms with van der Waals surface area (Å²) >= 11 is 1.49. The van der Waals surface area contributed by atoms with Gasteiger partial charge in [-0.2, -0.15) is 0 Å².